The number of nitrogens with one attached hydrogen (secondary N) is 3. The van der Waals surface area contributed by atoms with Crippen molar-refractivity contribution in [2.75, 3.05) is 18.4 Å². The summed E-state index contributed by atoms with van der Waals surface area (Å²) < 4.78 is 2.38. The number of rotatable bonds is 4. The first kappa shape index (κ1) is 18.1. The van der Waals surface area contributed by atoms with E-state index in [9.17, 15) is 14.4 Å². The number of H-pyrrole nitrogens is 1. The Morgan fingerprint density at radius 2 is 2.00 bits per heavy atom. The number of carbonyl (C=O) groups is 1. The lowest BCUT2D eigenvalue weighted by atomic mass is 9.98. The SMILES string of the molecule is Cn1nc(C2CCNCC2)nc1NC(=O)Cn1c(=O)[nH]c2ccccc2c1=O. The van der Waals surface area contributed by atoms with Crippen LogP contribution in [0.5, 0.6) is 0 Å². The average molecular weight is 383 g/mol. The summed E-state index contributed by atoms with van der Waals surface area (Å²) in [5.41, 5.74) is -0.704. The summed E-state index contributed by atoms with van der Waals surface area (Å²) in [4.78, 5) is 44.2. The Kier molecular flexibility index (Phi) is 4.78. The molecular weight excluding hydrogens is 362 g/mol. The van der Waals surface area contributed by atoms with Crippen LogP contribution in [0.1, 0.15) is 24.6 Å². The molecule has 0 spiro atoms. The first-order chi connectivity index (χ1) is 13.5. The number of anilines is 1. The number of aromatic amines is 1. The number of benzene rings is 1. The molecule has 1 fully saturated rings. The van der Waals surface area contributed by atoms with Crippen molar-refractivity contribution in [3.8, 4) is 0 Å². The van der Waals surface area contributed by atoms with E-state index in [4.69, 9.17) is 0 Å². The monoisotopic (exact) mass is 383 g/mol. The van der Waals surface area contributed by atoms with E-state index in [2.05, 4.69) is 25.7 Å². The number of aromatic nitrogens is 5. The van der Waals surface area contributed by atoms with Crippen LogP contribution in [0.25, 0.3) is 10.9 Å². The molecule has 3 aromatic rings. The number of nitrogens with zero attached hydrogens (tertiary/aromatic N) is 4. The molecular formula is C18H21N7O3. The van der Waals surface area contributed by atoms with Gasteiger partial charge in [0, 0.05) is 13.0 Å². The molecule has 1 aliphatic heterocycles. The molecule has 10 nitrogen and oxygen atoms in total. The highest BCUT2D eigenvalue weighted by Crippen LogP contribution is 2.23. The Bertz CT molecular complexity index is 1140. The van der Waals surface area contributed by atoms with Crippen LogP contribution in [-0.2, 0) is 18.4 Å². The standard InChI is InChI=1S/C18H21N7O3/c1-24-17(22-15(23-24)11-6-8-19-9-7-11)21-14(26)10-25-16(27)12-4-2-3-5-13(12)20-18(25)28/h2-5,11,19H,6-10H2,1H3,(H,20,28)(H,21,22,23,26). The molecule has 146 valence electrons. The van der Waals surface area contributed by atoms with Gasteiger partial charge in [-0.1, -0.05) is 12.1 Å². The highest BCUT2D eigenvalue weighted by atomic mass is 16.2. The summed E-state index contributed by atoms with van der Waals surface area (Å²) in [6, 6.07) is 6.68. The third-order valence-corrected chi connectivity index (χ3v) is 4.93. The molecule has 3 heterocycles. The molecule has 1 aromatic carbocycles. The van der Waals surface area contributed by atoms with Crippen LogP contribution >= 0.6 is 0 Å². The molecule has 1 aliphatic rings. The molecule has 28 heavy (non-hydrogen) atoms. The fraction of sp³-hybridized carbons (Fsp3) is 0.389. The van der Waals surface area contributed by atoms with Gasteiger partial charge in [-0.05, 0) is 38.1 Å². The Labute approximate surface area is 159 Å². The molecule has 0 radical (unpaired) electrons. The quantitative estimate of drug-likeness (QED) is 0.579. The minimum absolute atomic E-state index is 0.254. The summed E-state index contributed by atoms with van der Waals surface area (Å²) in [5.74, 6) is 0.725. The van der Waals surface area contributed by atoms with Crippen LogP contribution in [0.4, 0.5) is 5.95 Å². The third-order valence-electron chi connectivity index (χ3n) is 4.93. The lowest BCUT2D eigenvalue weighted by Gasteiger charge is -2.19. The zero-order valence-electron chi connectivity index (χ0n) is 15.4. The van der Waals surface area contributed by atoms with Gasteiger partial charge in [0.05, 0.1) is 10.9 Å². The number of fused-ring (bicyclic) bond motifs is 1. The normalized spacial score (nSPS) is 15.0. The summed E-state index contributed by atoms with van der Waals surface area (Å²) in [7, 11) is 1.70. The van der Waals surface area contributed by atoms with Gasteiger partial charge in [0.15, 0.2) is 5.82 Å². The van der Waals surface area contributed by atoms with Gasteiger partial charge in [0.25, 0.3) is 5.56 Å². The highest BCUT2D eigenvalue weighted by Gasteiger charge is 2.21. The van der Waals surface area contributed by atoms with Gasteiger partial charge < -0.3 is 10.3 Å². The predicted octanol–water partition coefficient (Wildman–Crippen LogP) is -0.0760. The Balaban J connectivity index is 1.54. The van der Waals surface area contributed by atoms with E-state index in [1.807, 2.05) is 0 Å². The summed E-state index contributed by atoms with van der Waals surface area (Å²) in [6.07, 6.45) is 1.89. The fourth-order valence-electron chi connectivity index (χ4n) is 3.42. The smallest absolute Gasteiger partial charge is 0.317 e. The lowest BCUT2D eigenvalue weighted by molar-refractivity contribution is -0.116. The molecule has 10 heteroatoms. The second-order valence-corrected chi connectivity index (χ2v) is 6.86. The van der Waals surface area contributed by atoms with Crippen molar-refractivity contribution in [3.05, 3.63) is 50.9 Å². The lowest BCUT2D eigenvalue weighted by Crippen LogP contribution is -2.38. The van der Waals surface area contributed by atoms with Gasteiger partial charge in [0.1, 0.15) is 6.54 Å². The van der Waals surface area contributed by atoms with Gasteiger partial charge in [0.2, 0.25) is 11.9 Å². The van der Waals surface area contributed by atoms with Crippen molar-refractivity contribution in [3.63, 3.8) is 0 Å². The van der Waals surface area contributed by atoms with Crippen molar-refractivity contribution >= 4 is 22.8 Å². The van der Waals surface area contributed by atoms with Gasteiger partial charge in [-0.25, -0.2) is 9.48 Å². The highest BCUT2D eigenvalue weighted by molar-refractivity contribution is 5.89. The van der Waals surface area contributed by atoms with Gasteiger partial charge in [-0.2, -0.15) is 10.1 Å². The van der Waals surface area contributed by atoms with Crippen molar-refractivity contribution < 1.29 is 4.79 Å². The molecule has 1 amide bonds. The summed E-state index contributed by atoms with van der Waals surface area (Å²) in [5, 5.41) is 10.7. The van der Waals surface area contributed by atoms with Gasteiger partial charge >= 0.3 is 5.69 Å². The first-order valence-electron chi connectivity index (χ1n) is 9.16. The minimum atomic E-state index is -0.632. The zero-order valence-corrected chi connectivity index (χ0v) is 15.4. The number of piperidine rings is 1. The fourth-order valence-corrected chi connectivity index (χ4v) is 3.42. The Hall–Kier alpha value is -3.27. The topological polar surface area (TPSA) is 127 Å². The third kappa shape index (κ3) is 3.46. The largest absolute Gasteiger partial charge is 0.329 e. The Morgan fingerprint density at radius 1 is 1.25 bits per heavy atom. The van der Waals surface area contributed by atoms with E-state index >= 15 is 0 Å². The van der Waals surface area contributed by atoms with E-state index in [0.29, 0.717) is 22.7 Å². The molecule has 0 aliphatic carbocycles. The molecule has 0 atom stereocenters. The van der Waals surface area contributed by atoms with Crippen LogP contribution in [0.3, 0.4) is 0 Å². The number of carbonyl (C=O) groups excluding carboxylic acids is 1. The van der Waals surface area contributed by atoms with Crippen molar-refractivity contribution in [2.24, 2.45) is 7.05 Å². The van der Waals surface area contributed by atoms with E-state index < -0.39 is 23.7 Å². The number of aryl methyl sites for hydroxylation is 1. The maximum atomic E-state index is 12.5. The molecule has 3 N–H and O–H groups in total. The van der Waals surface area contributed by atoms with E-state index in [0.717, 1.165) is 30.5 Å². The van der Waals surface area contributed by atoms with Crippen LogP contribution in [0.2, 0.25) is 0 Å². The maximum absolute atomic E-state index is 12.5. The molecule has 1 saturated heterocycles. The van der Waals surface area contributed by atoms with Crippen LogP contribution < -0.4 is 21.9 Å². The number of hydrogen-bond donors (Lipinski definition) is 3. The second kappa shape index (κ2) is 7.39. The predicted molar refractivity (Wildman–Crippen MR) is 103 cm³/mol. The molecule has 0 bridgehead atoms. The van der Waals surface area contributed by atoms with E-state index in [-0.39, 0.29) is 5.92 Å². The summed E-state index contributed by atoms with van der Waals surface area (Å²) in [6.45, 7) is 1.42. The van der Waals surface area contributed by atoms with Crippen molar-refractivity contribution in [1.29, 1.82) is 0 Å². The van der Waals surface area contributed by atoms with Crippen molar-refractivity contribution in [2.45, 2.75) is 25.3 Å². The number of hydrogen-bond acceptors (Lipinski definition) is 6. The van der Waals surface area contributed by atoms with E-state index in [1.165, 1.54) is 4.68 Å². The first-order valence-corrected chi connectivity index (χ1v) is 9.16. The van der Waals surface area contributed by atoms with Crippen LogP contribution in [0, 0.1) is 0 Å². The average Bonchev–Trinajstić information content (AvgIpc) is 3.06. The van der Waals surface area contributed by atoms with Crippen LogP contribution in [-0.4, -0.2) is 43.3 Å². The minimum Gasteiger partial charge on any atom is -0.317 e. The molecule has 4 rings (SSSR count). The Morgan fingerprint density at radius 3 is 2.79 bits per heavy atom. The van der Waals surface area contributed by atoms with Crippen LogP contribution in [0.15, 0.2) is 33.9 Å². The van der Waals surface area contributed by atoms with Gasteiger partial charge in [-0.3, -0.25) is 19.5 Å². The summed E-state index contributed by atoms with van der Waals surface area (Å²) >= 11 is 0. The van der Waals surface area contributed by atoms with Crippen molar-refractivity contribution in [1.82, 2.24) is 29.6 Å². The second-order valence-electron chi connectivity index (χ2n) is 6.86. The molecule has 2 aromatic heterocycles. The molecule has 0 unspecified atom stereocenters. The number of para-hydroxylation sites is 1. The van der Waals surface area contributed by atoms with Gasteiger partial charge in [-0.15, -0.1) is 0 Å². The molecule has 0 saturated carbocycles. The zero-order chi connectivity index (χ0) is 19.7. The number of amides is 1. The van der Waals surface area contributed by atoms with E-state index in [1.54, 1.807) is 31.3 Å². The maximum Gasteiger partial charge on any atom is 0.329 e.